The van der Waals surface area contributed by atoms with Crippen molar-refractivity contribution in [2.75, 3.05) is 6.54 Å². The number of aromatic nitrogens is 1. The molecule has 1 unspecified atom stereocenters. The van der Waals surface area contributed by atoms with Crippen molar-refractivity contribution in [3.8, 4) is 0 Å². The number of hydrogen-bond acceptors (Lipinski definition) is 10. The highest BCUT2D eigenvalue weighted by Crippen LogP contribution is 2.41. The molecule has 1 aromatic heterocycles. The van der Waals surface area contributed by atoms with Gasteiger partial charge in [0.2, 0.25) is 5.12 Å². The van der Waals surface area contributed by atoms with Gasteiger partial charge < -0.3 is 29.9 Å². The first kappa shape index (κ1) is 25.5. The van der Waals surface area contributed by atoms with Gasteiger partial charge in [-0.3, -0.25) is 4.99 Å². The second kappa shape index (κ2) is 10.4. The molecule has 6 rings (SSSR count). The van der Waals surface area contributed by atoms with Gasteiger partial charge in [0.25, 0.3) is 0 Å². The third kappa shape index (κ3) is 4.79. The van der Waals surface area contributed by atoms with Crippen LogP contribution in [0.2, 0.25) is 0 Å². The minimum absolute atomic E-state index is 0.0524. The average molecular weight is 549 g/mol. The Morgan fingerprint density at radius 3 is 2.36 bits per heavy atom. The van der Waals surface area contributed by atoms with Gasteiger partial charge in [0.05, 0.1) is 13.2 Å². The fourth-order valence-electron chi connectivity index (χ4n) is 4.89. The van der Waals surface area contributed by atoms with Crippen LogP contribution in [0.5, 0.6) is 0 Å². The number of amidine groups is 2. The van der Waals surface area contributed by atoms with Gasteiger partial charge in [0.1, 0.15) is 36.4 Å². The molecular weight excluding hydrogens is 524 g/mol. The van der Waals surface area contributed by atoms with Gasteiger partial charge in [-0.1, -0.05) is 77.4 Å². The largest absolute Gasteiger partial charge is 0.390 e. The summed E-state index contributed by atoms with van der Waals surface area (Å²) < 4.78 is 11.2. The molecule has 4 heterocycles. The Balaban J connectivity index is 1.31. The van der Waals surface area contributed by atoms with Crippen molar-refractivity contribution in [3.05, 3.63) is 89.3 Å². The first-order chi connectivity index (χ1) is 19.0. The van der Waals surface area contributed by atoms with Crippen molar-refractivity contribution in [3.63, 3.8) is 0 Å². The summed E-state index contributed by atoms with van der Waals surface area (Å²) in [5.41, 5.74) is 2.86. The van der Waals surface area contributed by atoms with Crippen LogP contribution >= 0.6 is 11.6 Å². The Morgan fingerprint density at radius 1 is 1.03 bits per heavy atom. The molecule has 1 saturated heterocycles. The van der Waals surface area contributed by atoms with Crippen LogP contribution in [0.1, 0.15) is 34.6 Å². The molecule has 0 amide bonds. The van der Waals surface area contributed by atoms with Crippen LogP contribution in [0.25, 0.3) is 0 Å². The van der Waals surface area contributed by atoms with Crippen molar-refractivity contribution in [1.29, 1.82) is 0 Å². The fourth-order valence-corrected chi connectivity index (χ4v) is 5.24. The number of aliphatic hydroxyl groups excluding tert-OH is 3. The Morgan fingerprint density at radius 2 is 1.72 bits per heavy atom. The lowest BCUT2D eigenvalue weighted by Gasteiger charge is -2.35. The zero-order valence-corrected chi connectivity index (χ0v) is 21.3. The van der Waals surface area contributed by atoms with Crippen molar-refractivity contribution >= 4 is 35.3 Å². The maximum absolute atomic E-state index is 10.9. The molecule has 2 aromatic carbocycles. The third-order valence-electron chi connectivity index (χ3n) is 6.86. The van der Waals surface area contributed by atoms with Crippen molar-refractivity contribution < 1.29 is 24.6 Å². The van der Waals surface area contributed by atoms with Crippen molar-refractivity contribution in [2.24, 2.45) is 20.0 Å². The molecule has 39 heavy (non-hydrogen) atoms. The van der Waals surface area contributed by atoms with E-state index in [-0.39, 0.29) is 29.8 Å². The summed E-state index contributed by atoms with van der Waals surface area (Å²) in [5, 5.41) is 36.0. The molecule has 0 aliphatic carbocycles. The van der Waals surface area contributed by atoms with E-state index >= 15 is 0 Å². The van der Waals surface area contributed by atoms with Crippen LogP contribution in [-0.2, 0) is 11.3 Å². The highest BCUT2D eigenvalue weighted by atomic mass is 35.5. The lowest BCUT2D eigenvalue weighted by molar-refractivity contribution is -0.0278. The maximum Gasteiger partial charge on any atom is 0.238 e. The third-order valence-corrected chi connectivity index (χ3v) is 7.26. The van der Waals surface area contributed by atoms with Gasteiger partial charge in [0.15, 0.2) is 23.1 Å². The topological polar surface area (TPSA) is 157 Å². The predicted octanol–water partition coefficient (Wildman–Crippen LogP) is 1.94. The number of hydrogen-bond donors (Lipinski definition) is 4. The van der Waals surface area contributed by atoms with Gasteiger partial charge in [-0.05, 0) is 11.1 Å². The zero-order valence-electron chi connectivity index (χ0n) is 20.5. The highest BCUT2D eigenvalue weighted by Gasteiger charge is 2.57. The van der Waals surface area contributed by atoms with Gasteiger partial charge in [-0.2, -0.15) is 0 Å². The number of fused-ring (bicyclic) bond motifs is 1. The molecule has 11 nitrogen and oxygen atoms in total. The van der Waals surface area contributed by atoms with Gasteiger partial charge in [-0.25, -0.2) is 15.0 Å². The second-order valence-corrected chi connectivity index (χ2v) is 9.93. The molecular formula is C27H25ClN6O5. The Bertz CT molecular complexity index is 1420. The molecule has 1 fully saturated rings. The summed E-state index contributed by atoms with van der Waals surface area (Å²) in [5.74, 6) is 0.651. The van der Waals surface area contributed by atoms with Gasteiger partial charge >= 0.3 is 0 Å². The average Bonchev–Trinajstić information content (AvgIpc) is 3.70. The predicted molar refractivity (Wildman–Crippen MR) is 144 cm³/mol. The van der Waals surface area contributed by atoms with E-state index in [4.69, 9.17) is 25.9 Å². The summed E-state index contributed by atoms with van der Waals surface area (Å²) in [7, 11) is 0. The zero-order chi connectivity index (χ0) is 27.0. The molecule has 0 bridgehead atoms. The number of nitrogens with one attached hydrogen (secondary N) is 1. The van der Waals surface area contributed by atoms with Crippen LogP contribution < -0.4 is 5.32 Å². The van der Waals surface area contributed by atoms with E-state index in [1.807, 2.05) is 36.4 Å². The quantitative estimate of drug-likeness (QED) is 0.259. The second-order valence-electron chi connectivity index (χ2n) is 9.36. The van der Waals surface area contributed by atoms with Gasteiger partial charge in [0, 0.05) is 12.0 Å². The monoisotopic (exact) mass is 548 g/mol. The molecule has 200 valence electrons. The van der Waals surface area contributed by atoms with E-state index < -0.39 is 29.5 Å². The molecule has 12 heteroatoms. The van der Waals surface area contributed by atoms with Crippen LogP contribution in [0, 0.1) is 0 Å². The summed E-state index contributed by atoms with van der Waals surface area (Å²) in [6, 6.07) is 21.5. The Kier molecular flexibility index (Phi) is 6.83. The number of ether oxygens (including phenoxy) is 1. The van der Waals surface area contributed by atoms with E-state index in [0.717, 1.165) is 11.1 Å². The van der Waals surface area contributed by atoms with Crippen molar-refractivity contribution in [2.45, 2.75) is 42.1 Å². The lowest BCUT2D eigenvalue weighted by atomic mass is 9.91. The Labute approximate surface area is 228 Å². The van der Waals surface area contributed by atoms with Crippen LogP contribution in [0.3, 0.4) is 0 Å². The van der Waals surface area contributed by atoms with E-state index in [0.29, 0.717) is 18.1 Å². The number of rotatable bonds is 7. The summed E-state index contributed by atoms with van der Waals surface area (Å²) in [6.45, 7) is 0.0107. The number of nitrogens with zero attached hydrogens (tertiary/aromatic N) is 5. The lowest BCUT2D eigenvalue weighted by Crippen LogP contribution is -2.60. The summed E-state index contributed by atoms with van der Waals surface area (Å²) in [6.07, 6.45) is -3.79. The summed E-state index contributed by atoms with van der Waals surface area (Å²) in [4.78, 5) is 17.8. The fraction of sp³-hybridized carbons (Fsp3) is 0.296. The molecule has 0 spiro atoms. The smallest absolute Gasteiger partial charge is 0.238 e. The van der Waals surface area contributed by atoms with E-state index in [2.05, 4.69) is 49.7 Å². The van der Waals surface area contributed by atoms with Crippen LogP contribution in [-0.4, -0.2) is 74.2 Å². The molecule has 0 radical (unpaired) electrons. The standard InChI is InChI=1S/C27H25ClN6O5/c28-27(24-22(37)21(36)23(38-24)19-11-17(13-35)34-39-19)32-25(20-26(33-27)31-14-30-20)29-12-18(15-7-3-1-4-8-15)16-9-5-2-6-10-16/h1-11,14,18,21-24,35-37H,12-13H2,(H,29,32)/t21-,22+,23+,24+,27?/m0/s1. The SMILES string of the molecule is OCc1cc([C@H]2O[C@@H](C3(Cl)N=C4N=CN=C4C(=NCC(c4ccccc4)c4ccccc4)N3)[C@H](O)[C@@H]2O)on1. The molecule has 0 saturated carbocycles. The minimum Gasteiger partial charge on any atom is -0.390 e. The van der Waals surface area contributed by atoms with Crippen molar-refractivity contribution in [1.82, 2.24) is 10.5 Å². The Hall–Kier alpha value is -3.74. The number of alkyl halides is 1. The van der Waals surface area contributed by atoms with E-state index in [9.17, 15) is 15.3 Å². The van der Waals surface area contributed by atoms with Gasteiger partial charge in [-0.15, -0.1) is 0 Å². The minimum atomic E-state index is -1.77. The number of benzene rings is 2. The number of halogens is 1. The highest BCUT2D eigenvalue weighted by molar-refractivity contribution is 6.71. The number of aliphatic imine (C=N–C) groups is 4. The van der Waals surface area contributed by atoms with E-state index in [1.54, 1.807) is 0 Å². The first-order valence-corrected chi connectivity index (χ1v) is 12.7. The first-order valence-electron chi connectivity index (χ1n) is 12.4. The summed E-state index contributed by atoms with van der Waals surface area (Å²) >= 11 is 6.95. The molecule has 3 aliphatic rings. The van der Waals surface area contributed by atoms with Crippen LogP contribution in [0.15, 0.2) is 91.2 Å². The van der Waals surface area contributed by atoms with Crippen LogP contribution in [0.4, 0.5) is 0 Å². The van der Waals surface area contributed by atoms with E-state index in [1.165, 1.54) is 12.4 Å². The molecule has 4 N–H and O–H groups in total. The maximum atomic E-state index is 10.9. The molecule has 3 aromatic rings. The number of aliphatic hydroxyl groups is 3. The molecule has 3 aliphatic heterocycles. The normalized spacial score (nSPS) is 28.9. The molecule has 5 atom stereocenters.